The summed E-state index contributed by atoms with van der Waals surface area (Å²) in [6.45, 7) is 7.84. The van der Waals surface area contributed by atoms with Crippen molar-refractivity contribution in [1.82, 2.24) is 20.3 Å². The van der Waals surface area contributed by atoms with Gasteiger partial charge in [-0.3, -0.25) is 9.89 Å². The van der Waals surface area contributed by atoms with E-state index in [1.807, 2.05) is 13.8 Å². The average Bonchev–Trinajstić information content (AvgIpc) is 3.18. The number of aryl methyl sites for hydroxylation is 2. The third kappa shape index (κ3) is 6.41. The van der Waals surface area contributed by atoms with Crippen molar-refractivity contribution in [3.8, 4) is 0 Å². The normalized spacial score (nSPS) is 18.6. The fourth-order valence-electron chi connectivity index (χ4n) is 3.59. The molecule has 1 aliphatic heterocycles. The lowest BCUT2D eigenvalue weighted by atomic mass is 10.1. The molecule has 2 rings (SSSR count). The number of hydrogen-bond acceptors (Lipinski definition) is 4. The summed E-state index contributed by atoms with van der Waals surface area (Å²) in [6.07, 6.45) is -2.49. The molecule has 1 fully saturated rings. The molecule has 1 saturated heterocycles. The van der Waals surface area contributed by atoms with Crippen molar-refractivity contribution in [2.75, 3.05) is 46.3 Å². The maximum atomic E-state index is 12.6. The number of nitrogens with zero attached hydrogens (tertiary/aromatic N) is 4. The summed E-state index contributed by atoms with van der Waals surface area (Å²) in [5.74, 6) is 1.84. The van der Waals surface area contributed by atoms with Gasteiger partial charge in [-0.25, -0.2) is 0 Å². The topological polar surface area (TPSA) is 56.9 Å². The lowest BCUT2D eigenvalue weighted by Gasteiger charge is -2.26. The number of hydrogen-bond donors (Lipinski definition) is 1. The lowest BCUT2D eigenvalue weighted by Crippen LogP contribution is -2.42. The Hall–Kier alpha value is -1.77. The molecule has 0 amide bonds. The number of rotatable bonds is 7. The highest BCUT2D eigenvalue weighted by Gasteiger charge is 2.33. The average molecular weight is 389 g/mol. The molecule has 1 aliphatic rings. The van der Waals surface area contributed by atoms with E-state index in [-0.39, 0.29) is 5.92 Å². The Morgan fingerprint density at radius 2 is 2.15 bits per heavy atom. The van der Waals surface area contributed by atoms with Gasteiger partial charge >= 0.3 is 6.18 Å². The van der Waals surface area contributed by atoms with Crippen LogP contribution in [0.3, 0.4) is 0 Å². The van der Waals surface area contributed by atoms with Gasteiger partial charge in [0, 0.05) is 38.8 Å². The number of guanidine groups is 1. The summed E-state index contributed by atoms with van der Waals surface area (Å²) in [7, 11) is 1.73. The fraction of sp³-hybridized carbons (Fsp3) is 0.778. The van der Waals surface area contributed by atoms with E-state index in [9.17, 15) is 13.2 Å². The molecular weight excluding hydrogens is 359 g/mol. The van der Waals surface area contributed by atoms with E-state index in [1.54, 1.807) is 14.0 Å². The second-order valence-corrected chi connectivity index (χ2v) is 7.07. The van der Waals surface area contributed by atoms with Gasteiger partial charge in [-0.15, -0.1) is 0 Å². The molecule has 0 radical (unpaired) electrons. The summed E-state index contributed by atoms with van der Waals surface area (Å²) in [6, 6.07) is 0. The zero-order valence-corrected chi connectivity index (χ0v) is 16.6. The molecule has 9 heteroatoms. The molecule has 154 valence electrons. The Kier molecular flexibility index (Phi) is 7.52. The van der Waals surface area contributed by atoms with Crippen molar-refractivity contribution < 1.29 is 17.7 Å². The summed E-state index contributed by atoms with van der Waals surface area (Å²) < 4.78 is 43.1. The Balaban J connectivity index is 1.81. The summed E-state index contributed by atoms with van der Waals surface area (Å²) in [5, 5.41) is 7.30. The molecule has 0 spiro atoms. The van der Waals surface area contributed by atoms with Gasteiger partial charge in [0.2, 0.25) is 0 Å². The smallest absolute Gasteiger partial charge is 0.361 e. The predicted molar refractivity (Wildman–Crippen MR) is 98.9 cm³/mol. The van der Waals surface area contributed by atoms with Crippen LogP contribution in [0.25, 0.3) is 0 Å². The van der Waals surface area contributed by atoms with Gasteiger partial charge < -0.3 is 14.7 Å². The van der Waals surface area contributed by atoms with E-state index in [1.165, 1.54) is 4.90 Å². The van der Waals surface area contributed by atoms with Gasteiger partial charge in [0.1, 0.15) is 5.76 Å². The van der Waals surface area contributed by atoms with Crippen LogP contribution in [0.15, 0.2) is 9.52 Å². The quantitative estimate of drug-likeness (QED) is 0.574. The van der Waals surface area contributed by atoms with Crippen LogP contribution in [-0.4, -0.2) is 73.4 Å². The van der Waals surface area contributed by atoms with Gasteiger partial charge in [0.15, 0.2) is 5.96 Å². The highest BCUT2D eigenvalue weighted by molar-refractivity contribution is 5.80. The van der Waals surface area contributed by atoms with E-state index in [0.29, 0.717) is 19.6 Å². The Bertz CT molecular complexity index is 610. The molecule has 1 N–H and O–H groups in total. The first-order chi connectivity index (χ1) is 12.7. The molecule has 0 aliphatic carbocycles. The predicted octanol–water partition coefficient (Wildman–Crippen LogP) is 2.62. The number of aliphatic imine (C=N–C) groups is 1. The van der Waals surface area contributed by atoms with E-state index >= 15 is 0 Å². The van der Waals surface area contributed by atoms with Crippen molar-refractivity contribution in [1.29, 1.82) is 0 Å². The minimum Gasteiger partial charge on any atom is -0.361 e. The standard InChI is InChI=1S/C18H30F3N5O/c1-5-25(12-18(19,20)21)10-15-7-9-26(11-15)17(22-4)23-8-6-16-13(2)24-27-14(16)3/h15H,5-12H2,1-4H3,(H,22,23). The van der Waals surface area contributed by atoms with Crippen molar-refractivity contribution in [2.24, 2.45) is 10.9 Å². The zero-order valence-electron chi connectivity index (χ0n) is 16.6. The van der Waals surface area contributed by atoms with E-state index in [4.69, 9.17) is 4.52 Å². The molecule has 0 bridgehead atoms. The van der Waals surface area contributed by atoms with Crippen LogP contribution in [0.2, 0.25) is 0 Å². The Morgan fingerprint density at radius 1 is 1.41 bits per heavy atom. The molecule has 1 aromatic heterocycles. The summed E-state index contributed by atoms with van der Waals surface area (Å²) in [5.41, 5.74) is 2.00. The monoisotopic (exact) mass is 389 g/mol. The van der Waals surface area contributed by atoms with Gasteiger partial charge in [-0.2, -0.15) is 13.2 Å². The minimum absolute atomic E-state index is 0.216. The first-order valence-corrected chi connectivity index (χ1v) is 9.40. The summed E-state index contributed by atoms with van der Waals surface area (Å²) >= 11 is 0. The SMILES string of the molecule is CCN(CC1CCN(C(=NC)NCCc2c(C)noc2C)C1)CC(F)(F)F. The zero-order chi connectivity index (χ0) is 20.0. The van der Waals surface area contributed by atoms with Crippen LogP contribution in [0.5, 0.6) is 0 Å². The first kappa shape index (κ1) is 21.5. The van der Waals surface area contributed by atoms with Crippen LogP contribution >= 0.6 is 0 Å². The lowest BCUT2D eigenvalue weighted by molar-refractivity contribution is -0.146. The van der Waals surface area contributed by atoms with Gasteiger partial charge in [0.25, 0.3) is 0 Å². The molecule has 2 heterocycles. The van der Waals surface area contributed by atoms with E-state index in [0.717, 1.165) is 48.9 Å². The third-order valence-electron chi connectivity index (χ3n) is 5.00. The second kappa shape index (κ2) is 9.43. The fourth-order valence-corrected chi connectivity index (χ4v) is 3.59. The molecule has 1 unspecified atom stereocenters. The van der Waals surface area contributed by atoms with Crippen LogP contribution < -0.4 is 5.32 Å². The molecule has 27 heavy (non-hydrogen) atoms. The number of nitrogens with one attached hydrogen (secondary N) is 1. The van der Waals surface area contributed by atoms with Crippen molar-refractivity contribution in [3.63, 3.8) is 0 Å². The molecule has 1 aromatic rings. The van der Waals surface area contributed by atoms with Crippen molar-refractivity contribution in [3.05, 3.63) is 17.0 Å². The van der Waals surface area contributed by atoms with Gasteiger partial charge in [0.05, 0.1) is 12.2 Å². The highest BCUT2D eigenvalue weighted by atomic mass is 19.4. The second-order valence-electron chi connectivity index (χ2n) is 7.07. The van der Waals surface area contributed by atoms with Crippen LogP contribution in [0, 0.1) is 19.8 Å². The number of alkyl halides is 3. The molecular formula is C18H30F3N5O. The summed E-state index contributed by atoms with van der Waals surface area (Å²) in [4.78, 5) is 7.92. The minimum atomic E-state index is -4.15. The maximum absolute atomic E-state index is 12.6. The number of likely N-dealkylation sites (tertiary alicyclic amines) is 1. The molecule has 0 aromatic carbocycles. The van der Waals surface area contributed by atoms with E-state index in [2.05, 4.69) is 20.4 Å². The number of halogens is 3. The van der Waals surface area contributed by atoms with Crippen molar-refractivity contribution >= 4 is 5.96 Å². The highest BCUT2D eigenvalue weighted by Crippen LogP contribution is 2.21. The Labute approximate surface area is 158 Å². The maximum Gasteiger partial charge on any atom is 0.401 e. The largest absolute Gasteiger partial charge is 0.401 e. The van der Waals surface area contributed by atoms with Crippen LogP contribution in [-0.2, 0) is 6.42 Å². The third-order valence-corrected chi connectivity index (χ3v) is 5.00. The van der Waals surface area contributed by atoms with Crippen LogP contribution in [0.4, 0.5) is 13.2 Å². The van der Waals surface area contributed by atoms with Crippen LogP contribution in [0.1, 0.15) is 30.4 Å². The van der Waals surface area contributed by atoms with Gasteiger partial charge in [-0.05, 0) is 39.2 Å². The number of aromatic nitrogens is 1. The molecule has 0 saturated carbocycles. The molecule has 6 nitrogen and oxygen atoms in total. The van der Waals surface area contributed by atoms with Gasteiger partial charge in [-0.1, -0.05) is 12.1 Å². The van der Waals surface area contributed by atoms with E-state index < -0.39 is 12.7 Å². The first-order valence-electron chi connectivity index (χ1n) is 9.40. The molecule has 1 atom stereocenters. The Morgan fingerprint density at radius 3 is 2.70 bits per heavy atom. The van der Waals surface area contributed by atoms with Crippen molar-refractivity contribution in [2.45, 2.75) is 39.8 Å².